The van der Waals surface area contributed by atoms with E-state index in [9.17, 15) is 19.1 Å². The predicted octanol–water partition coefficient (Wildman–Crippen LogP) is 5.68. The van der Waals surface area contributed by atoms with E-state index in [4.69, 9.17) is 0 Å². The van der Waals surface area contributed by atoms with Crippen molar-refractivity contribution in [3.05, 3.63) is 100 Å². The summed E-state index contributed by atoms with van der Waals surface area (Å²) >= 11 is 1.32. The van der Waals surface area contributed by atoms with E-state index >= 15 is 0 Å². The van der Waals surface area contributed by atoms with E-state index in [0.717, 1.165) is 21.3 Å². The lowest BCUT2D eigenvalue weighted by molar-refractivity contribution is -0.132. The van der Waals surface area contributed by atoms with E-state index in [1.807, 2.05) is 56.3 Å². The third-order valence-corrected chi connectivity index (χ3v) is 6.71. The number of aromatic nitrogens is 1. The number of anilines is 1. The summed E-state index contributed by atoms with van der Waals surface area (Å²) < 4.78 is 14.3. The number of aliphatic hydroxyl groups is 1. The summed E-state index contributed by atoms with van der Waals surface area (Å²) in [6.07, 6.45) is 0. The molecule has 2 heterocycles. The number of benzene rings is 3. The topological polar surface area (TPSA) is 70.5 Å². The minimum absolute atomic E-state index is 0.0501. The number of carbonyl (C=O) groups excluding carboxylic acids is 2. The molecule has 1 atom stereocenters. The Labute approximate surface area is 193 Å². The van der Waals surface area contributed by atoms with Crippen LogP contribution in [-0.2, 0) is 9.59 Å². The van der Waals surface area contributed by atoms with Crippen molar-refractivity contribution in [2.45, 2.75) is 19.9 Å². The molecule has 5 nitrogen and oxygen atoms in total. The van der Waals surface area contributed by atoms with E-state index in [0.29, 0.717) is 10.7 Å². The standard InChI is InChI=1S/C26H19FN2O3S/c1-14-3-6-16(7-4-14)22-21(23(30)17-8-10-18(27)11-9-17)24(31)25(32)29(22)26-28-19-12-5-15(2)13-20(19)33-26/h3-13,22,30H,1-2H3/b23-21+. The molecule has 1 amide bonds. The smallest absolute Gasteiger partial charge is 0.301 e. The molecule has 0 spiro atoms. The lowest BCUT2D eigenvalue weighted by Gasteiger charge is -2.23. The van der Waals surface area contributed by atoms with Crippen LogP contribution in [0.4, 0.5) is 9.52 Å². The monoisotopic (exact) mass is 458 g/mol. The highest BCUT2D eigenvalue weighted by Crippen LogP contribution is 2.44. The van der Waals surface area contributed by atoms with Gasteiger partial charge in [0.15, 0.2) is 5.13 Å². The molecule has 1 aliphatic rings. The highest BCUT2D eigenvalue weighted by atomic mass is 32.1. The van der Waals surface area contributed by atoms with Gasteiger partial charge in [0, 0.05) is 5.56 Å². The van der Waals surface area contributed by atoms with Gasteiger partial charge in [0.1, 0.15) is 11.6 Å². The molecule has 0 radical (unpaired) electrons. The largest absolute Gasteiger partial charge is 0.507 e. The van der Waals surface area contributed by atoms with Crippen LogP contribution in [0.2, 0.25) is 0 Å². The van der Waals surface area contributed by atoms with Crippen molar-refractivity contribution in [3.63, 3.8) is 0 Å². The third kappa shape index (κ3) is 3.60. The van der Waals surface area contributed by atoms with Crippen LogP contribution in [0.25, 0.3) is 16.0 Å². The van der Waals surface area contributed by atoms with Gasteiger partial charge in [-0.1, -0.05) is 47.2 Å². The number of thiazole rings is 1. The molecule has 4 aromatic rings. The number of Topliss-reactive ketones (excluding diaryl/α,β-unsaturated/α-hetero) is 1. The van der Waals surface area contributed by atoms with Crippen molar-refractivity contribution in [3.8, 4) is 0 Å². The Morgan fingerprint density at radius 2 is 1.64 bits per heavy atom. The molecule has 0 aliphatic carbocycles. The second-order valence-electron chi connectivity index (χ2n) is 8.05. The first-order valence-electron chi connectivity index (χ1n) is 10.3. The first-order chi connectivity index (χ1) is 15.8. The van der Waals surface area contributed by atoms with Crippen molar-refractivity contribution in [2.75, 3.05) is 4.90 Å². The van der Waals surface area contributed by atoms with E-state index < -0.39 is 23.5 Å². The normalized spacial score (nSPS) is 17.8. The molecule has 33 heavy (non-hydrogen) atoms. The third-order valence-electron chi connectivity index (χ3n) is 5.69. The Balaban J connectivity index is 1.73. The maximum Gasteiger partial charge on any atom is 0.301 e. The average molecular weight is 459 g/mol. The van der Waals surface area contributed by atoms with Crippen LogP contribution in [0.1, 0.15) is 28.3 Å². The van der Waals surface area contributed by atoms with Gasteiger partial charge in [-0.05, 0) is 61.4 Å². The van der Waals surface area contributed by atoms with Crippen molar-refractivity contribution in [2.24, 2.45) is 0 Å². The van der Waals surface area contributed by atoms with Crippen LogP contribution >= 0.6 is 11.3 Å². The van der Waals surface area contributed by atoms with Gasteiger partial charge >= 0.3 is 5.91 Å². The van der Waals surface area contributed by atoms with E-state index in [1.54, 1.807) is 0 Å². The zero-order valence-corrected chi connectivity index (χ0v) is 18.7. The Hall–Kier alpha value is -3.84. The number of ketones is 1. The summed E-state index contributed by atoms with van der Waals surface area (Å²) in [5.74, 6) is -2.39. The Morgan fingerprint density at radius 3 is 2.33 bits per heavy atom. The molecule has 1 saturated heterocycles. The molecule has 3 aromatic carbocycles. The number of rotatable bonds is 3. The van der Waals surface area contributed by atoms with Crippen LogP contribution < -0.4 is 4.90 Å². The molecule has 1 fully saturated rings. The number of fused-ring (bicyclic) bond motifs is 1. The molecule has 7 heteroatoms. The molecule has 0 saturated carbocycles. The lowest BCUT2D eigenvalue weighted by Crippen LogP contribution is -2.29. The Bertz CT molecular complexity index is 1440. The molecular weight excluding hydrogens is 439 g/mol. The molecular formula is C26H19FN2O3S. The molecule has 164 valence electrons. The fourth-order valence-electron chi connectivity index (χ4n) is 3.98. The zero-order valence-electron chi connectivity index (χ0n) is 17.9. The fraction of sp³-hybridized carbons (Fsp3) is 0.115. The minimum atomic E-state index is -0.864. The molecule has 1 N–H and O–H groups in total. The Morgan fingerprint density at radius 1 is 0.970 bits per heavy atom. The maximum atomic E-state index is 13.4. The van der Waals surface area contributed by atoms with Crippen LogP contribution in [0.3, 0.4) is 0 Å². The molecule has 1 aromatic heterocycles. The van der Waals surface area contributed by atoms with Crippen molar-refractivity contribution in [1.82, 2.24) is 4.98 Å². The summed E-state index contributed by atoms with van der Waals surface area (Å²) in [6, 6.07) is 17.5. The van der Waals surface area contributed by atoms with Gasteiger partial charge in [0.25, 0.3) is 5.78 Å². The number of aryl methyl sites for hydroxylation is 2. The number of halogens is 1. The number of nitrogens with zero attached hydrogens (tertiary/aromatic N) is 2. The maximum absolute atomic E-state index is 13.4. The van der Waals surface area contributed by atoms with Crippen molar-refractivity contribution < 1.29 is 19.1 Å². The lowest BCUT2D eigenvalue weighted by atomic mass is 9.95. The zero-order chi connectivity index (χ0) is 23.3. The number of aliphatic hydroxyl groups excluding tert-OH is 1. The highest BCUT2D eigenvalue weighted by molar-refractivity contribution is 7.22. The summed E-state index contributed by atoms with van der Waals surface area (Å²) in [7, 11) is 0. The van der Waals surface area contributed by atoms with Gasteiger partial charge < -0.3 is 5.11 Å². The number of hydrogen-bond donors (Lipinski definition) is 1. The van der Waals surface area contributed by atoms with E-state index in [2.05, 4.69) is 4.98 Å². The molecule has 1 aliphatic heterocycles. The number of hydrogen-bond acceptors (Lipinski definition) is 5. The van der Waals surface area contributed by atoms with Gasteiger partial charge in [0.2, 0.25) is 0 Å². The van der Waals surface area contributed by atoms with E-state index in [1.165, 1.54) is 40.5 Å². The van der Waals surface area contributed by atoms with Gasteiger partial charge in [-0.25, -0.2) is 9.37 Å². The molecule has 5 rings (SSSR count). The summed E-state index contributed by atoms with van der Waals surface area (Å²) in [4.78, 5) is 32.4. The van der Waals surface area contributed by atoms with Crippen LogP contribution in [0.15, 0.2) is 72.3 Å². The molecule has 0 bridgehead atoms. The van der Waals surface area contributed by atoms with Crippen LogP contribution in [-0.4, -0.2) is 21.8 Å². The summed E-state index contributed by atoms with van der Waals surface area (Å²) in [5.41, 5.74) is 3.68. The SMILES string of the molecule is Cc1ccc(C2/C(=C(\O)c3ccc(F)cc3)C(=O)C(=O)N2c2nc3ccc(C)cc3s2)cc1. The van der Waals surface area contributed by atoms with Gasteiger partial charge in [-0.15, -0.1) is 0 Å². The first-order valence-corrected chi connectivity index (χ1v) is 11.2. The highest BCUT2D eigenvalue weighted by Gasteiger charge is 2.48. The quantitative estimate of drug-likeness (QED) is 0.244. The average Bonchev–Trinajstić information content (AvgIpc) is 3.32. The minimum Gasteiger partial charge on any atom is -0.507 e. The second kappa shape index (κ2) is 7.94. The van der Waals surface area contributed by atoms with Gasteiger partial charge in [-0.3, -0.25) is 14.5 Å². The second-order valence-corrected chi connectivity index (χ2v) is 9.06. The van der Waals surface area contributed by atoms with Crippen molar-refractivity contribution in [1.29, 1.82) is 0 Å². The summed E-state index contributed by atoms with van der Waals surface area (Å²) in [6.45, 7) is 3.91. The van der Waals surface area contributed by atoms with Crippen LogP contribution in [0.5, 0.6) is 0 Å². The van der Waals surface area contributed by atoms with Crippen LogP contribution in [0, 0.1) is 19.7 Å². The first kappa shape index (κ1) is 21.0. The molecule has 1 unspecified atom stereocenters. The fourth-order valence-corrected chi connectivity index (χ4v) is 5.07. The number of carbonyl (C=O) groups is 2. The van der Waals surface area contributed by atoms with Gasteiger partial charge in [-0.2, -0.15) is 0 Å². The van der Waals surface area contributed by atoms with E-state index in [-0.39, 0.29) is 16.9 Å². The predicted molar refractivity (Wildman–Crippen MR) is 127 cm³/mol. The van der Waals surface area contributed by atoms with Gasteiger partial charge in [0.05, 0.1) is 21.8 Å². The number of amides is 1. The Kier molecular flexibility index (Phi) is 5.06. The summed E-state index contributed by atoms with van der Waals surface area (Å²) in [5, 5.41) is 11.4. The van der Waals surface area contributed by atoms with Crippen molar-refractivity contribution >= 4 is 44.1 Å².